The van der Waals surface area contributed by atoms with Crippen LogP contribution in [0.5, 0.6) is 0 Å². The van der Waals surface area contributed by atoms with Crippen molar-refractivity contribution in [3.8, 4) is 0 Å². The van der Waals surface area contributed by atoms with Crippen molar-refractivity contribution in [3.05, 3.63) is 36.0 Å². The van der Waals surface area contributed by atoms with Gasteiger partial charge in [0.05, 0.1) is 0 Å². The number of aromatic amines is 1. The van der Waals surface area contributed by atoms with Crippen molar-refractivity contribution in [2.24, 2.45) is 5.92 Å². The zero-order valence-electron chi connectivity index (χ0n) is 8.96. The molecule has 2 atom stereocenters. The average molecular weight is 200 g/mol. The Kier molecular flexibility index (Phi) is 2.03. The van der Waals surface area contributed by atoms with Crippen molar-refractivity contribution < 1.29 is 0 Å². The summed E-state index contributed by atoms with van der Waals surface area (Å²) in [5.41, 5.74) is 2.67. The normalized spacial score (nSPS) is 26.2. The average Bonchev–Trinajstić information content (AvgIpc) is 2.83. The van der Waals surface area contributed by atoms with Crippen LogP contribution in [-0.2, 0) is 0 Å². The lowest BCUT2D eigenvalue weighted by atomic mass is 10.0. The maximum absolute atomic E-state index is 3.58. The molecule has 2 heteroatoms. The van der Waals surface area contributed by atoms with Crippen LogP contribution in [-0.4, -0.2) is 11.5 Å². The van der Waals surface area contributed by atoms with Gasteiger partial charge in [-0.15, -0.1) is 0 Å². The Bertz CT molecular complexity index is 472. The Balaban J connectivity index is 2.04. The van der Waals surface area contributed by atoms with Gasteiger partial charge in [-0.3, -0.25) is 0 Å². The number of H-pyrrole nitrogens is 1. The Morgan fingerprint density at radius 3 is 2.93 bits per heavy atom. The second-order valence-corrected chi connectivity index (χ2v) is 4.59. The highest BCUT2D eigenvalue weighted by Crippen LogP contribution is 2.31. The number of fused-ring (bicyclic) bond motifs is 1. The Morgan fingerprint density at radius 2 is 2.13 bits per heavy atom. The largest absolute Gasteiger partial charge is 0.361 e. The molecule has 0 saturated carbocycles. The van der Waals surface area contributed by atoms with E-state index in [-0.39, 0.29) is 0 Å². The zero-order chi connectivity index (χ0) is 10.3. The molecule has 1 aliphatic rings. The fourth-order valence-electron chi connectivity index (χ4n) is 2.53. The van der Waals surface area contributed by atoms with Gasteiger partial charge in [0.15, 0.2) is 0 Å². The molecule has 1 aliphatic heterocycles. The van der Waals surface area contributed by atoms with E-state index in [1.807, 2.05) is 0 Å². The number of para-hydroxylation sites is 1. The van der Waals surface area contributed by atoms with Gasteiger partial charge >= 0.3 is 0 Å². The Hall–Kier alpha value is -1.28. The minimum absolute atomic E-state index is 0.538. The van der Waals surface area contributed by atoms with Crippen LogP contribution in [0.25, 0.3) is 10.9 Å². The predicted octanol–water partition coefficient (Wildman–Crippen LogP) is 2.84. The molecule has 0 spiro atoms. The molecule has 78 valence electrons. The van der Waals surface area contributed by atoms with Gasteiger partial charge in [0.1, 0.15) is 0 Å². The lowest BCUT2D eigenvalue weighted by Crippen LogP contribution is -2.12. The molecule has 1 aromatic carbocycles. The zero-order valence-corrected chi connectivity index (χ0v) is 8.96. The first-order valence-electron chi connectivity index (χ1n) is 5.64. The smallest absolute Gasteiger partial charge is 0.0457 e. The van der Waals surface area contributed by atoms with E-state index in [2.05, 4.69) is 47.7 Å². The first kappa shape index (κ1) is 8.98. The lowest BCUT2D eigenvalue weighted by molar-refractivity contribution is 0.614. The molecule has 2 nitrogen and oxygen atoms in total. The van der Waals surface area contributed by atoms with Crippen molar-refractivity contribution in [1.29, 1.82) is 0 Å². The number of nitrogens with one attached hydrogen (secondary N) is 2. The van der Waals surface area contributed by atoms with Crippen molar-refractivity contribution in [3.63, 3.8) is 0 Å². The molecule has 0 aliphatic carbocycles. The third-order valence-corrected chi connectivity index (χ3v) is 3.35. The predicted molar refractivity (Wildman–Crippen MR) is 62.8 cm³/mol. The van der Waals surface area contributed by atoms with E-state index < -0.39 is 0 Å². The summed E-state index contributed by atoms with van der Waals surface area (Å²) in [5.74, 6) is 0.795. The summed E-state index contributed by atoms with van der Waals surface area (Å²) in [6.07, 6.45) is 3.40. The minimum Gasteiger partial charge on any atom is -0.361 e. The molecular formula is C13H16N2. The molecule has 1 saturated heterocycles. The molecule has 1 aromatic heterocycles. The highest BCUT2D eigenvalue weighted by atomic mass is 15.0. The first-order chi connectivity index (χ1) is 7.34. The van der Waals surface area contributed by atoms with Crippen LogP contribution in [0, 0.1) is 5.92 Å². The summed E-state index contributed by atoms with van der Waals surface area (Å²) in [7, 11) is 0. The molecule has 0 bridgehead atoms. The number of rotatable bonds is 1. The Labute approximate surface area is 89.7 Å². The fourth-order valence-corrected chi connectivity index (χ4v) is 2.53. The van der Waals surface area contributed by atoms with E-state index in [0.29, 0.717) is 6.04 Å². The van der Waals surface area contributed by atoms with Gasteiger partial charge in [-0.25, -0.2) is 0 Å². The van der Waals surface area contributed by atoms with Gasteiger partial charge < -0.3 is 10.3 Å². The summed E-state index contributed by atoms with van der Waals surface area (Å²) < 4.78 is 0. The molecular weight excluding hydrogens is 184 g/mol. The topological polar surface area (TPSA) is 27.8 Å². The molecule has 2 N–H and O–H groups in total. The summed E-state index contributed by atoms with van der Waals surface area (Å²) >= 11 is 0. The second-order valence-electron chi connectivity index (χ2n) is 4.59. The fraction of sp³-hybridized carbons (Fsp3) is 0.385. The van der Waals surface area contributed by atoms with E-state index in [4.69, 9.17) is 0 Å². The molecule has 1 fully saturated rings. The van der Waals surface area contributed by atoms with Crippen molar-refractivity contribution in [1.82, 2.24) is 10.3 Å². The maximum Gasteiger partial charge on any atom is 0.0457 e. The maximum atomic E-state index is 3.58. The lowest BCUT2D eigenvalue weighted by Gasteiger charge is -2.08. The number of hydrogen-bond donors (Lipinski definition) is 2. The first-order valence-corrected chi connectivity index (χ1v) is 5.64. The molecule has 0 unspecified atom stereocenters. The summed E-state index contributed by atoms with van der Waals surface area (Å²) in [6, 6.07) is 9.06. The number of hydrogen-bond acceptors (Lipinski definition) is 1. The van der Waals surface area contributed by atoms with E-state index >= 15 is 0 Å². The third-order valence-electron chi connectivity index (χ3n) is 3.35. The van der Waals surface area contributed by atoms with Gasteiger partial charge in [0.25, 0.3) is 0 Å². The van der Waals surface area contributed by atoms with Crippen LogP contribution >= 0.6 is 0 Å². The van der Waals surface area contributed by atoms with Gasteiger partial charge in [0, 0.05) is 23.1 Å². The van der Waals surface area contributed by atoms with E-state index in [1.54, 1.807) is 0 Å². The van der Waals surface area contributed by atoms with Gasteiger partial charge in [-0.05, 0) is 30.5 Å². The van der Waals surface area contributed by atoms with Crippen molar-refractivity contribution >= 4 is 10.9 Å². The SMILES string of the molecule is C[C@H]1CN[C@@H](c2c[nH]c3ccccc23)C1. The van der Waals surface area contributed by atoms with Crippen LogP contribution in [0.1, 0.15) is 24.9 Å². The minimum atomic E-state index is 0.538. The van der Waals surface area contributed by atoms with Crippen LogP contribution in [0.3, 0.4) is 0 Å². The molecule has 2 aromatic rings. The summed E-state index contributed by atoms with van der Waals surface area (Å²) in [5, 5.41) is 4.95. The molecule has 0 radical (unpaired) electrons. The molecule has 0 amide bonds. The van der Waals surface area contributed by atoms with Gasteiger partial charge in [-0.2, -0.15) is 0 Å². The van der Waals surface area contributed by atoms with Crippen LogP contribution in [0.4, 0.5) is 0 Å². The number of benzene rings is 1. The van der Waals surface area contributed by atoms with Crippen LogP contribution in [0.2, 0.25) is 0 Å². The van der Waals surface area contributed by atoms with Crippen molar-refractivity contribution in [2.45, 2.75) is 19.4 Å². The van der Waals surface area contributed by atoms with Crippen molar-refractivity contribution in [2.75, 3.05) is 6.54 Å². The third kappa shape index (κ3) is 1.45. The molecule has 3 rings (SSSR count). The van der Waals surface area contributed by atoms with Gasteiger partial charge in [-0.1, -0.05) is 25.1 Å². The van der Waals surface area contributed by atoms with E-state index in [0.717, 1.165) is 12.5 Å². The monoisotopic (exact) mass is 200 g/mol. The summed E-state index contributed by atoms with van der Waals surface area (Å²) in [4.78, 5) is 3.34. The highest BCUT2D eigenvalue weighted by molar-refractivity contribution is 5.83. The Morgan fingerprint density at radius 1 is 1.27 bits per heavy atom. The number of aromatic nitrogens is 1. The molecule has 2 heterocycles. The van der Waals surface area contributed by atoms with E-state index in [9.17, 15) is 0 Å². The molecule has 15 heavy (non-hydrogen) atoms. The highest BCUT2D eigenvalue weighted by Gasteiger charge is 2.23. The van der Waals surface area contributed by atoms with Gasteiger partial charge in [0.2, 0.25) is 0 Å². The van der Waals surface area contributed by atoms with Crippen LogP contribution in [0.15, 0.2) is 30.5 Å². The van der Waals surface area contributed by atoms with E-state index in [1.165, 1.54) is 22.9 Å². The van der Waals surface area contributed by atoms with Crippen LogP contribution < -0.4 is 5.32 Å². The quantitative estimate of drug-likeness (QED) is 0.728. The second kappa shape index (κ2) is 3.38. The summed E-state index contributed by atoms with van der Waals surface area (Å²) in [6.45, 7) is 3.45. The standard InChI is InChI=1S/C13H16N2/c1-9-6-13(14-7-9)11-8-15-12-5-3-2-4-10(11)12/h2-5,8-9,13-15H,6-7H2,1H3/t9-,13-/m1/s1.